The lowest BCUT2D eigenvalue weighted by Gasteiger charge is -2.28. The molecule has 0 aliphatic carbocycles. The van der Waals surface area contributed by atoms with E-state index in [-0.39, 0.29) is 11.9 Å². The highest BCUT2D eigenvalue weighted by Gasteiger charge is 2.22. The van der Waals surface area contributed by atoms with Crippen LogP contribution in [0.3, 0.4) is 0 Å². The molecule has 0 radical (unpaired) electrons. The van der Waals surface area contributed by atoms with Crippen molar-refractivity contribution < 1.29 is 4.39 Å². The van der Waals surface area contributed by atoms with Gasteiger partial charge in [-0.1, -0.05) is 13.8 Å². The van der Waals surface area contributed by atoms with E-state index in [2.05, 4.69) is 28.3 Å². The number of halogens is 2. The first kappa shape index (κ1) is 15.3. The van der Waals surface area contributed by atoms with Gasteiger partial charge in [-0.2, -0.15) is 0 Å². The molecule has 0 saturated carbocycles. The number of aromatic nitrogens is 2. The zero-order valence-corrected chi connectivity index (χ0v) is 13.2. The molecule has 0 saturated heterocycles. The third-order valence-corrected chi connectivity index (χ3v) is 3.74. The van der Waals surface area contributed by atoms with Gasteiger partial charge in [-0.25, -0.2) is 9.37 Å². The van der Waals surface area contributed by atoms with Crippen LogP contribution in [0.4, 0.5) is 4.39 Å². The highest BCUT2D eigenvalue weighted by Crippen LogP contribution is 2.28. The van der Waals surface area contributed by atoms with Crippen molar-refractivity contribution in [3.63, 3.8) is 0 Å². The van der Waals surface area contributed by atoms with Gasteiger partial charge in [-0.3, -0.25) is 0 Å². The molecule has 1 unspecified atom stereocenters. The Labute approximate surface area is 124 Å². The van der Waals surface area contributed by atoms with E-state index in [1.54, 1.807) is 12.1 Å². The molecule has 1 aromatic carbocycles. The van der Waals surface area contributed by atoms with Crippen molar-refractivity contribution in [3.8, 4) is 0 Å². The molecule has 0 fully saturated rings. The molecule has 5 heteroatoms. The number of likely N-dealkylation sites (N-methyl/N-ethyl adjacent to an activating group) is 1. The Balaban J connectivity index is 2.61. The van der Waals surface area contributed by atoms with Gasteiger partial charge in [0, 0.05) is 6.54 Å². The first-order valence-electron chi connectivity index (χ1n) is 6.81. The molecule has 0 aliphatic heterocycles. The van der Waals surface area contributed by atoms with Crippen LogP contribution in [0.5, 0.6) is 0 Å². The molecule has 20 heavy (non-hydrogen) atoms. The van der Waals surface area contributed by atoms with Crippen molar-refractivity contribution in [1.29, 1.82) is 0 Å². The summed E-state index contributed by atoms with van der Waals surface area (Å²) in [5.74, 6) is 1.28. The minimum Gasteiger partial charge on any atom is -0.322 e. The van der Waals surface area contributed by atoms with Gasteiger partial charge in [0.25, 0.3) is 0 Å². The smallest absolute Gasteiger partial charge is 0.125 e. The molecule has 0 aliphatic rings. The second kappa shape index (κ2) is 6.10. The predicted molar refractivity (Wildman–Crippen MR) is 81.7 cm³/mol. The van der Waals surface area contributed by atoms with Crippen molar-refractivity contribution >= 4 is 22.6 Å². The van der Waals surface area contributed by atoms with Crippen LogP contribution >= 0.6 is 11.6 Å². The fourth-order valence-corrected chi connectivity index (χ4v) is 2.73. The molecule has 0 bridgehead atoms. The van der Waals surface area contributed by atoms with Crippen LogP contribution in [-0.2, 0) is 5.88 Å². The maximum Gasteiger partial charge on any atom is 0.125 e. The van der Waals surface area contributed by atoms with Crippen molar-refractivity contribution in [2.24, 2.45) is 5.92 Å². The van der Waals surface area contributed by atoms with Gasteiger partial charge in [0.2, 0.25) is 0 Å². The zero-order chi connectivity index (χ0) is 14.9. The van der Waals surface area contributed by atoms with Gasteiger partial charge in [-0.05, 0) is 38.2 Å². The number of fused-ring (bicyclic) bond motifs is 1. The van der Waals surface area contributed by atoms with Gasteiger partial charge in [0.15, 0.2) is 0 Å². The molecular weight excluding hydrogens is 277 g/mol. The van der Waals surface area contributed by atoms with Gasteiger partial charge in [-0.15, -0.1) is 11.6 Å². The van der Waals surface area contributed by atoms with E-state index in [0.29, 0.717) is 11.8 Å². The molecule has 2 aromatic rings. The molecule has 110 valence electrons. The summed E-state index contributed by atoms with van der Waals surface area (Å²) in [6, 6.07) is 4.91. The molecule has 0 amide bonds. The Morgan fingerprint density at radius 1 is 1.35 bits per heavy atom. The van der Waals surface area contributed by atoms with Crippen molar-refractivity contribution in [1.82, 2.24) is 14.5 Å². The highest BCUT2D eigenvalue weighted by molar-refractivity contribution is 6.16. The van der Waals surface area contributed by atoms with Crippen LogP contribution < -0.4 is 0 Å². The summed E-state index contributed by atoms with van der Waals surface area (Å²) < 4.78 is 15.7. The summed E-state index contributed by atoms with van der Waals surface area (Å²) in [4.78, 5) is 6.66. The number of imidazole rings is 1. The Morgan fingerprint density at radius 3 is 2.60 bits per heavy atom. The third-order valence-electron chi connectivity index (χ3n) is 3.50. The number of hydrogen-bond donors (Lipinski definition) is 0. The SMILES string of the molecule is CC(C)C(CN(C)C)n1c(CCl)nc2ccc(F)cc21. The second-order valence-electron chi connectivity index (χ2n) is 5.74. The lowest BCUT2D eigenvalue weighted by molar-refractivity contribution is 0.270. The summed E-state index contributed by atoms with van der Waals surface area (Å²) >= 11 is 6.04. The highest BCUT2D eigenvalue weighted by atomic mass is 35.5. The van der Waals surface area contributed by atoms with Crippen LogP contribution in [0.15, 0.2) is 18.2 Å². The third kappa shape index (κ3) is 2.96. The van der Waals surface area contributed by atoms with Crippen molar-refractivity contribution in [2.45, 2.75) is 25.8 Å². The quantitative estimate of drug-likeness (QED) is 0.785. The van der Waals surface area contributed by atoms with E-state index >= 15 is 0 Å². The Kier molecular flexibility index (Phi) is 4.66. The van der Waals surface area contributed by atoms with E-state index in [9.17, 15) is 4.39 Å². The van der Waals surface area contributed by atoms with E-state index in [4.69, 9.17) is 11.6 Å². The molecular formula is C15H21ClFN3. The summed E-state index contributed by atoms with van der Waals surface area (Å²) in [5.41, 5.74) is 1.62. The molecule has 1 heterocycles. The number of rotatable bonds is 5. The topological polar surface area (TPSA) is 21.1 Å². The van der Waals surface area contributed by atoms with E-state index in [1.807, 2.05) is 14.1 Å². The number of alkyl halides is 1. The predicted octanol–water partition coefficient (Wildman–Crippen LogP) is 3.67. The number of hydrogen-bond acceptors (Lipinski definition) is 2. The Morgan fingerprint density at radius 2 is 2.05 bits per heavy atom. The van der Waals surface area contributed by atoms with Crippen LogP contribution in [0, 0.1) is 11.7 Å². The van der Waals surface area contributed by atoms with Gasteiger partial charge in [0.05, 0.1) is 23.0 Å². The van der Waals surface area contributed by atoms with Crippen LogP contribution in [0.2, 0.25) is 0 Å². The van der Waals surface area contributed by atoms with Crippen molar-refractivity contribution in [2.75, 3.05) is 20.6 Å². The molecule has 2 rings (SSSR count). The normalized spacial score (nSPS) is 13.6. The first-order chi connectivity index (χ1) is 9.43. The van der Waals surface area contributed by atoms with Crippen LogP contribution in [-0.4, -0.2) is 35.1 Å². The Bertz CT molecular complexity index is 592. The monoisotopic (exact) mass is 297 g/mol. The summed E-state index contributed by atoms with van der Waals surface area (Å²) in [7, 11) is 4.07. The standard InChI is InChI=1S/C15H21ClFN3/c1-10(2)14(9-19(3)4)20-13-7-11(17)5-6-12(13)18-15(20)8-16/h5-7,10,14H,8-9H2,1-4H3. The Hall–Kier alpha value is -1.13. The fraction of sp³-hybridized carbons (Fsp3) is 0.533. The second-order valence-corrected chi connectivity index (χ2v) is 6.01. The molecule has 1 aromatic heterocycles. The molecule has 0 spiro atoms. The van der Waals surface area contributed by atoms with Crippen molar-refractivity contribution in [3.05, 3.63) is 29.8 Å². The van der Waals surface area contributed by atoms with Gasteiger partial charge >= 0.3 is 0 Å². The number of benzene rings is 1. The fourth-order valence-electron chi connectivity index (χ4n) is 2.55. The van der Waals surface area contributed by atoms with E-state index < -0.39 is 0 Å². The maximum atomic E-state index is 13.6. The first-order valence-corrected chi connectivity index (χ1v) is 7.34. The lowest BCUT2D eigenvalue weighted by Crippen LogP contribution is -2.29. The minimum atomic E-state index is -0.243. The van der Waals surface area contributed by atoms with Gasteiger partial charge < -0.3 is 9.47 Å². The summed E-state index contributed by atoms with van der Waals surface area (Å²) in [6.45, 7) is 5.19. The molecule has 0 N–H and O–H groups in total. The summed E-state index contributed by atoms with van der Waals surface area (Å²) in [5, 5.41) is 0. The molecule has 1 atom stereocenters. The average molecular weight is 298 g/mol. The van der Waals surface area contributed by atoms with Crippen LogP contribution in [0.25, 0.3) is 11.0 Å². The maximum absolute atomic E-state index is 13.6. The van der Waals surface area contributed by atoms with Gasteiger partial charge in [0.1, 0.15) is 11.6 Å². The lowest BCUT2D eigenvalue weighted by atomic mass is 10.0. The summed E-state index contributed by atoms with van der Waals surface area (Å²) in [6.07, 6.45) is 0. The van der Waals surface area contributed by atoms with Crippen LogP contribution in [0.1, 0.15) is 25.7 Å². The molecule has 3 nitrogen and oxygen atoms in total. The average Bonchev–Trinajstić information content (AvgIpc) is 2.73. The largest absolute Gasteiger partial charge is 0.322 e. The van der Waals surface area contributed by atoms with E-state index in [0.717, 1.165) is 23.4 Å². The zero-order valence-electron chi connectivity index (χ0n) is 12.4. The van der Waals surface area contributed by atoms with E-state index in [1.165, 1.54) is 6.07 Å². The minimum absolute atomic E-state index is 0.213. The number of nitrogens with zero attached hydrogens (tertiary/aromatic N) is 3.